The molecule has 0 radical (unpaired) electrons. The third kappa shape index (κ3) is 2.98. The summed E-state index contributed by atoms with van der Waals surface area (Å²) in [6.45, 7) is 0. The van der Waals surface area contributed by atoms with Gasteiger partial charge < -0.3 is 5.32 Å². The lowest BCUT2D eigenvalue weighted by molar-refractivity contribution is 0.546. The van der Waals surface area contributed by atoms with Crippen LogP contribution in [0.5, 0.6) is 0 Å². The van der Waals surface area contributed by atoms with E-state index < -0.39 is 11.6 Å². The van der Waals surface area contributed by atoms with Gasteiger partial charge in [-0.15, -0.1) is 0 Å². The number of nitrogens with zero attached hydrogens (tertiary/aromatic N) is 1. The Bertz CT molecular complexity index is 398. The van der Waals surface area contributed by atoms with Gasteiger partial charge in [0.15, 0.2) is 5.11 Å². The maximum absolute atomic E-state index is 13.2. The molecule has 0 saturated carbocycles. The maximum Gasteiger partial charge on any atom is 0.187 e. The van der Waals surface area contributed by atoms with Gasteiger partial charge in [-0.1, -0.05) is 11.6 Å². The molecular weight excluding hydrogens is 244 g/mol. The smallest absolute Gasteiger partial charge is 0.187 e. The van der Waals surface area contributed by atoms with Crippen LogP contribution in [0.4, 0.5) is 14.5 Å². The monoisotopic (exact) mass is 251 g/mol. The molecule has 0 amide bonds. The fourth-order valence-electron chi connectivity index (χ4n) is 0.822. The Morgan fingerprint density at radius 2 is 2.07 bits per heavy atom. The van der Waals surface area contributed by atoms with Crippen LogP contribution in [0.3, 0.4) is 0 Å². The van der Waals surface area contributed by atoms with E-state index in [9.17, 15) is 8.78 Å². The van der Waals surface area contributed by atoms with Gasteiger partial charge in [0.1, 0.15) is 11.6 Å². The molecule has 0 bridgehead atoms. The van der Waals surface area contributed by atoms with E-state index in [0.29, 0.717) is 0 Å². The van der Waals surface area contributed by atoms with E-state index in [1.165, 1.54) is 7.05 Å². The molecule has 0 heterocycles. The molecule has 82 valence electrons. The zero-order valence-corrected chi connectivity index (χ0v) is 9.29. The number of hydrogen-bond donors (Lipinski definition) is 2. The zero-order chi connectivity index (χ0) is 11.6. The third-order valence-electron chi connectivity index (χ3n) is 1.57. The summed E-state index contributed by atoms with van der Waals surface area (Å²) in [6.07, 6.45) is 0. The minimum absolute atomic E-state index is 0.0654. The van der Waals surface area contributed by atoms with Crippen molar-refractivity contribution in [3.05, 3.63) is 28.8 Å². The zero-order valence-electron chi connectivity index (χ0n) is 7.72. The molecule has 0 saturated heterocycles. The Morgan fingerprint density at radius 3 is 2.60 bits per heavy atom. The topological polar surface area (TPSA) is 41.3 Å². The molecular formula is C8H8ClF2N3S. The minimum atomic E-state index is -0.733. The second-order valence-electron chi connectivity index (χ2n) is 2.79. The molecule has 0 aliphatic rings. The quantitative estimate of drug-likeness (QED) is 0.347. The van der Waals surface area contributed by atoms with Crippen LogP contribution in [0.15, 0.2) is 12.1 Å². The molecule has 7 heteroatoms. The summed E-state index contributed by atoms with van der Waals surface area (Å²) < 4.78 is 26.2. The highest BCUT2D eigenvalue weighted by molar-refractivity contribution is 7.80. The van der Waals surface area contributed by atoms with Crippen molar-refractivity contribution in [1.29, 1.82) is 0 Å². The molecule has 0 aliphatic heterocycles. The Hall–Kier alpha value is -0.980. The van der Waals surface area contributed by atoms with Crippen molar-refractivity contribution in [1.82, 2.24) is 5.01 Å². The summed E-state index contributed by atoms with van der Waals surface area (Å²) in [5.41, 5.74) is -0.112. The van der Waals surface area contributed by atoms with Crippen LogP contribution in [-0.2, 0) is 0 Å². The average Bonchev–Trinajstić information content (AvgIpc) is 2.13. The molecule has 0 aromatic heterocycles. The van der Waals surface area contributed by atoms with Gasteiger partial charge in [-0.05, 0) is 18.3 Å². The van der Waals surface area contributed by atoms with Gasteiger partial charge in [-0.3, -0.25) is 5.01 Å². The van der Waals surface area contributed by atoms with Gasteiger partial charge in [0.2, 0.25) is 0 Å². The molecule has 15 heavy (non-hydrogen) atoms. The van der Waals surface area contributed by atoms with Crippen molar-refractivity contribution in [2.75, 3.05) is 12.4 Å². The Labute approximate surface area is 95.8 Å². The lowest BCUT2D eigenvalue weighted by Crippen LogP contribution is -2.36. The number of hydrazine groups is 1. The van der Waals surface area contributed by atoms with E-state index in [2.05, 4.69) is 5.32 Å². The van der Waals surface area contributed by atoms with Crippen LogP contribution in [0, 0.1) is 11.6 Å². The SMILES string of the molecule is CN(N)C(=S)Nc1cc(F)c(Cl)cc1F. The Kier molecular flexibility index (Phi) is 3.78. The van der Waals surface area contributed by atoms with Crippen LogP contribution in [0.2, 0.25) is 5.02 Å². The molecule has 1 rings (SSSR count). The molecule has 0 aliphatic carbocycles. The fraction of sp³-hybridized carbons (Fsp3) is 0.125. The number of hydrogen-bond acceptors (Lipinski definition) is 2. The molecule has 0 spiro atoms. The van der Waals surface area contributed by atoms with Crippen LogP contribution >= 0.6 is 23.8 Å². The number of halogens is 3. The molecule has 0 unspecified atom stereocenters. The van der Waals surface area contributed by atoms with E-state index in [0.717, 1.165) is 17.1 Å². The van der Waals surface area contributed by atoms with E-state index >= 15 is 0 Å². The minimum Gasteiger partial charge on any atom is -0.329 e. The highest BCUT2D eigenvalue weighted by Crippen LogP contribution is 2.22. The highest BCUT2D eigenvalue weighted by atomic mass is 35.5. The standard InChI is InChI=1S/C8H8ClF2N3S/c1-14(12)8(15)13-7-3-5(10)4(9)2-6(7)11/h2-3H,12H2,1H3,(H,13,15). The second-order valence-corrected chi connectivity index (χ2v) is 3.58. The van der Waals surface area contributed by atoms with Gasteiger partial charge in [0.25, 0.3) is 0 Å². The maximum atomic E-state index is 13.2. The van der Waals surface area contributed by atoms with E-state index in [4.69, 9.17) is 29.7 Å². The third-order valence-corrected chi connectivity index (χ3v) is 2.25. The largest absolute Gasteiger partial charge is 0.329 e. The molecule has 3 nitrogen and oxygen atoms in total. The fourth-order valence-corrected chi connectivity index (χ4v) is 1.08. The van der Waals surface area contributed by atoms with Crippen molar-refractivity contribution in [3.8, 4) is 0 Å². The number of benzene rings is 1. The summed E-state index contributed by atoms with van der Waals surface area (Å²) in [5, 5.41) is 3.29. The summed E-state index contributed by atoms with van der Waals surface area (Å²) in [5.74, 6) is 3.85. The number of rotatable bonds is 1. The van der Waals surface area contributed by atoms with E-state index in [1.807, 2.05) is 0 Å². The van der Waals surface area contributed by atoms with Crippen molar-refractivity contribution in [2.24, 2.45) is 5.84 Å². The van der Waals surface area contributed by atoms with E-state index in [-0.39, 0.29) is 15.8 Å². The predicted molar refractivity (Wildman–Crippen MR) is 59.5 cm³/mol. The molecule has 0 atom stereocenters. The Balaban J connectivity index is 2.96. The summed E-state index contributed by atoms with van der Waals surface area (Å²) >= 11 is 10.1. The molecule has 3 N–H and O–H groups in total. The van der Waals surface area contributed by atoms with Gasteiger partial charge in [0, 0.05) is 13.1 Å². The lowest BCUT2D eigenvalue weighted by Gasteiger charge is -2.15. The van der Waals surface area contributed by atoms with Crippen LogP contribution in [0.25, 0.3) is 0 Å². The number of nitrogens with one attached hydrogen (secondary N) is 1. The van der Waals surface area contributed by atoms with Crippen LogP contribution in [0.1, 0.15) is 0 Å². The summed E-state index contributed by atoms with van der Waals surface area (Å²) in [6, 6.07) is 1.77. The van der Waals surface area contributed by atoms with E-state index in [1.54, 1.807) is 0 Å². The normalized spacial score (nSPS) is 9.93. The number of nitrogens with two attached hydrogens (primary N) is 1. The van der Waals surface area contributed by atoms with Crippen molar-refractivity contribution in [2.45, 2.75) is 0 Å². The van der Waals surface area contributed by atoms with Crippen LogP contribution in [-0.4, -0.2) is 17.2 Å². The Morgan fingerprint density at radius 1 is 1.47 bits per heavy atom. The number of thiocarbonyl (C=S) groups is 1. The first kappa shape index (κ1) is 12.1. The highest BCUT2D eigenvalue weighted by Gasteiger charge is 2.10. The van der Waals surface area contributed by atoms with Gasteiger partial charge in [-0.2, -0.15) is 0 Å². The second kappa shape index (κ2) is 4.69. The molecule has 1 aromatic carbocycles. The summed E-state index contributed by atoms with van der Waals surface area (Å²) in [7, 11) is 1.47. The predicted octanol–water partition coefficient (Wildman–Crippen LogP) is 2.12. The van der Waals surface area contributed by atoms with Crippen molar-refractivity contribution < 1.29 is 8.78 Å². The van der Waals surface area contributed by atoms with Crippen molar-refractivity contribution >= 4 is 34.6 Å². The van der Waals surface area contributed by atoms with Crippen LogP contribution < -0.4 is 11.2 Å². The lowest BCUT2D eigenvalue weighted by atomic mass is 10.3. The average molecular weight is 252 g/mol. The molecule has 1 aromatic rings. The molecule has 0 fully saturated rings. The first-order chi connectivity index (χ1) is 6.91. The van der Waals surface area contributed by atoms with Gasteiger partial charge >= 0.3 is 0 Å². The summed E-state index contributed by atoms with van der Waals surface area (Å²) in [4.78, 5) is 0. The first-order valence-electron chi connectivity index (χ1n) is 3.85. The van der Waals surface area contributed by atoms with Gasteiger partial charge in [-0.25, -0.2) is 14.6 Å². The first-order valence-corrected chi connectivity index (χ1v) is 4.64. The van der Waals surface area contributed by atoms with Gasteiger partial charge in [0.05, 0.1) is 10.7 Å². The number of anilines is 1. The van der Waals surface area contributed by atoms with Crippen molar-refractivity contribution in [3.63, 3.8) is 0 Å².